The van der Waals surface area contributed by atoms with Crippen LogP contribution in [0.1, 0.15) is 18.4 Å². The zero-order chi connectivity index (χ0) is 29.3. The largest absolute Gasteiger partial charge is 0.480 e. The van der Waals surface area contributed by atoms with Crippen LogP contribution in [0, 0.1) is 5.41 Å². The van der Waals surface area contributed by atoms with Gasteiger partial charge in [-0.25, -0.2) is 13.2 Å². The lowest BCUT2D eigenvalue weighted by Gasteiger charge is -2.25. The fraction of sp³-hybridized carbons (Fsp3) is 0.320. The molecule has 0 aromatic heterocycles. The van der Waals surface area contributed by atoms with Crippen molar-refractivity contribution in [2.45, 2.75) is 36.2 Å². The second kappa shape index (κ2) is 13.5. The lowest BCUT2D eigenvalue weighted by atomic mass is 10.0. The molecule has 1 fully saturated rings. The van der Waals surface area contributed by atoms with Gasteiger partial charge in [0.1, 0.15) is 12.1 Å². The second-order valence-corrected chi connectivity index (χ2v) is 10.9. The highest BCUT2D eigenvalue weighted by Crippen LogP contribution is 2.26. The molecule has 2 aromatic rings. The van der Waals surface area contributed by atoms with Gasteiger partial charge in [-0.05, 0) is 42.7 Å². The molecule has 15 heteroatoms. The maximum atomic E-state index is 13.1. The van der Waals surface area contributed by atoms with Crippen molar-refractivity contribution in [3.63, 3.8) is 0 Å². The van der Waals surface area contributed by atoms with Crippen molar-refractivity contribution in [2.75, 3.05) is 25.0 Å². The molecule has 0 aliphatic carbocycles. The molecule has 1 aliphatic rings. The van der Waals surface area contributed by atoms with Crippen molar-refractivity contribution < 1.29 is 32.7 Å². The second-order valence-electron chi connectivity index (χ2n) is 8.98. The van der Waals surface area contributed by atoms with Crippen LogP contribution >= 0.6 is 0 Å². The molecular weight excluding hydrogens is 542 g/mol. The van der Waals surface area contributed by atoms with Crippen LogP contribution in [0.4, 0.5) is 5.69 Å². The normalized spacial score (nSPS) is 15.9. The maximum absolute atomic E-state index is 13.1. The Balaban J connectivity index is 1.57. The molecule has 8 N–H and O–H groups in total. The number of carbonyl (C=O) groups is 4. The molecule has 40 heavy (non-hydrogen) atoms. The van der Waals surface area contributed by atoms with Gasteiger partial charge in [0.15, 0.2) is 5.96 Å². The number of nitrogens with one attached hydrogen (secondary N) is 5. The number of hydrogen-bond donors (Lipinski definition) is 7. The van der Waals surface area contributed by atoms with Crippen LogP contribution in [0.15, 0.2) is 59.5 Å². The number of benzene rings is 2. The number of carboxylic acid groups (broad SMARTS) is 1. The highest BCUT2D eigenvalue weighted by Gasteiger charge is 2.40. The molecule has 1 heterocycles. The third-order valence-electron chi connectivity index (χ3n) is 6.03. The van der Waals surface area contributed by atoms with Crippen molar-refractivity contribution >= 4 is 45.4 Å². The number of nitrogens with zero attached hydrogens (tertiary/aromatic N) is 1. The van der Waals surface area contributed by atoms with Gasteiger partial charge in [-0.15, -0.1) is 0 Å². The Labute approximate surface area is 230 Å². The summed E-state index contributed by atoms with van der Waals surface area (Å²) in [6.07, 6.45) is 0.660. The van der Waals surface area contributed by atoms with E-state index >= 15 is 0 Å². The van der Waals surface area contributed by atoms with E-state index in [1.54, 1.807) is 30.3 Å². The van der Waals surface area contributed by atoms with Crippen LogP contribution in [0.3, 0.4) is 0 Å². The first-order valence-electron chi connectivity index (χ1n) is 12.3. The van der Waals surface area contributed by atoms with Gasteiger partial charge in [0.25, 0.3) is 0 Å². The summed E-state index contributed by atoms with van der Waals surface area (Å²) in [6.45, 7) is -0.412. The molecule has 2 atom stereocenters. The quantitative estimate of drug-likeness (QED) is 0.124. The minimum absolute atomic E-state index is 0.0593. The van der Waals surface area contributed by atoms with Gasteiger partial charge in [-0.1, -0.05) is 30.3 Å². The summed E-state index contributed by atoms with van der Waals surface area (Å²) in [4.78, 5) is 48.6. The van der Waals surface area contributed by atoms with Gasteiger partial charge in [-0.3, -0.25) is 19.8 Å². The molecule has 0 bridgehead atoms. The number of guanidine groups is 1. The Morgan fingerprint density at radius 2 is 1.65 bits per heavy atom. The van der Waals surface area contributed by atoms with Gasteiger partial charge in [0.2, 0.25) is 27.7 Å². The Bertz CT molecular complexity index is 1350. The number of hydrogen-bond acceptors (Lipinski definition) is 7. The zero-order valence-corrected chi connectivity index (χ0v) is 22.2. The molecule has 1 aliphatic heterocycles. The first-order chi connectivity index (χ1) is 19.0. The summed E-state index contributed by atoms with van der Waals surface area (Å²) in [6, 6.07) is 11.6. The SMILES string of the molecule is N=C(N)NCC(=O)NCC(=O)Nc1ccc(C[C@H](NC(=O)[C@@H]2CCCN2S(=O)(=O)c2ccccc2)C(=O)O)cc1. The summed E-state index contributed by atoms with van der Waals surface area (Å²) in [5, 5.41) is 26.4. The molecule has 0 unspecified atom stereocenters. The number of rotatable bonds is 12. The minimum Gasteiger partial charge on any atom is -0.480 e. The number of anilines is 1. The third-order valence-corrected chi connectivity index (χ3v) is 7.96. The number of sulfonamides is 1. The molecule has 0 radical (unpaired) electrons. The molecule has 3 rings (SSSR count). The summed E-state index contributed by atoms with van der Waals surface area (Å²) in [5.74, 6) is -3.38. The lowest BCUT2D eigenvalue weighted by Crippen LogP contribution is -2.51. The van der Waals surface area contributed by atoms with Gasteiger partial charge in [-0.2, -0.15) is 4.31 Å². The molecule has 3 amide bonds. The van der Waals surface area contributed by atoms with Crippen molar-refractivity contribution in [2.24, 2.45) is 5.73 Å². The smallest absolute Gasteiger partial charge is 0.326 e. The van der Waals surface area contributed by atoms with Crippen molar-refractivity contribution in [3.8, 4) is 0 Å². The highest BCUT2D eigenvalue weighted by atomic mass is 32.2. The van der Waals surface area contributed by atoms with Crippen LogP contribution in [-0.4, -0.2) is 79.2 Å². The van der Waals surface area contributed by atoms with Gasteiger partial charge >= 0.3 is 5.97 Å². The van der Waals surface area contributed by atoms with E-state index in [1.165, 1.54) is 24.3 Å². The Kier molecular flexibility index (Phi) is 10.2. The van der Waals surface area contributed by atoms with Gasteiger partial charge < -0.3 is 32.1 Å². The van der Waals surface area contributed by atoms with E-state index < -0.39 is 45.8 Å². The summed E-state index contributed by atoms with van der Waals surface area (Å²) < 4.78 is 27.2. The van der Waals surface area contributed by atoms with E-state index in [0.29, 0.717) is 17.7 Å². The lowest BCUT2D eigenvalue weighted by molar-refractivity contribution is -0.142. The predicted octanol–water partition coefficient (Wildman–Crippen LogP) is -0.810. The van der Waals surface area contributed by atoms with Crippen LogP contribution in [0.25, 0.3) is 0 Å². The molecule has 2 aromatic carbocycles. The fourth-order valence-corrected chi connectivity index (χ4v) is 5.75. The van der Waals surface area contributed by atoms with E-state index in [1.807, 2.05) is 0 Å². The van der Waals surface area contributed by atoms with Crippen molar-refractivity contribution in [1.82, 2.24) is 20.3 Å². The minimum atomic E-state index is -3.93. The molecule has 0 spiro atoms. The molecule has 214 valence electrons. The standard InChI is InChI=1S/C25H31N7O7S/c26-25(27)29-14-21(33)28-15-22(34)30-17-10-8-16(9-11-17)13-19(24(36)37)31-23(35)20-7-4-12-32(20)40(38,39)18-5-2-1-3-6-18/h1-3,5-6,8-11,19-20H,4,7,12-15H2,(H,28,33)(H,30,34)(H,31,35)(H,36,37)(H4,26,27,29)/t19-,20-/m0/s1. The van der Waals surface area contributed by atoms with Gasteiger partial charge in [0.05, 0.1) is 18.0 Å². The van der Waals surface area contributed by atoms with E-state index in [4.69, 9.17) is 11.1 Å². The maximum Gasteiger partial charge on any atom is 0.326 e. The van der Waals surface area contributed by atoms with Crippen LogP contribution in [-0.2, 0) is 35.6 Å². The average molecular weight is 574 g/mol. The number of carbonyl (C=O) groups excluding carboxylic acids is 3. The van der Waals surface area contributed by atoms with Crippen LogP contribution in [0.2, 0.25) is 0 Å². The van der Waals surface area contributed by atoms with E-state index in [0.717, 1.165) is 4.31 Å². The van der Waals surface area contributed by atoms with Crippen molar-refractivity contribution in [3.05, 3.63) is 60.2 Å². The number of carboxylic acids is 1. The van der Waals surface area contributed by atoms with E-state index in [-0.39, 0.29) is 43.3 Å². The third kappa shape index (κ3) is 8.25. The molecule has 1 saturated heterocycles. The van der Waals surface area contributed by atoms with Crippen LogP contribution < -0.4 is 27.0 Å². The summed E-state index contributed by atoms with van der Waals surface area (Å²) in [5.41, 5.74) is 6.03. The van der Waals surface area contributed by atoms with E-state index in [2.05, 4.69) is 21.3 Å². The number of aliphatic carboxylic acids is 1. The van der Waals surface area contributed by atoms with E-state index in [9.17, 15) is 32.7 Å². The first-order valence-corrected chi connectivity index (χ1v) is 13.7. The fourth-order valence-electron chi connectivity index (χ4n) is 4.07. The highest BCUT2D eigenvalue weighted by molar-refractivity contribution is 7.89. The monoisotopic (exact) mass is 573 g/mol. The Morgan fingerprint density at radius 1 is 1.00 bits per heavy atom. The van der Waals surface area contributed by atoms with Crippen LogP contribution in [0.5, 0.6) is 0 Å². The number of nitrogens with two attached hydrogens (primary N) is 1. The molecule has 14 nitrogen and oxygen atoms in total. The van der Waals surface area contributed by atoms with Crippen molar-refractivity contribution in [1.29, 1.82) is 5.41 Å². The molecule has 0 saturated carbocycles. The number of amides is 3. The Morgan fingerprint density at radius 3 is 2.27 bits per heavy atom. The van der Waals surface area contributed by atoms with Gasteiger partial charge in [0, 0.05) is 18.7 Å². The zero-order valence-electron chi connectivity index (χ0n) is 21.4. The first kappa shape index (κ1) is 30.0. The Hall–Kier alpha value is -4.50. The molecular formula is C25H31N7O7S. The predicted molar refractivity (Wildman–Crippen MR) is 145 cm³/mol. The average Bonchev–Trinajstić information content (AvgIpc) is 3.43. The summed E-state index contributed by atoms with van der Waals surface area (Å²) >= 11 is 0. The topological polar surface area (TPSA) is 224 Å². The summed E-state index contributed by atoms with van der Waals surface area (Å²) in [7, 11) is -3.93.